The van der Waals surface area contributed by atoms with E-state index >= 15 is 0 Å². The van der Waals surface area contributed by atoms with Gasteiger partial charge in [0.2, 0.25) is 0 Å². The molecule has 0 unspecified atom stereocenters. The van der Waals surface area contributed by atoms with Crippen molar-refractivity contribution in [1.82, 2.24) is 10.3 Å². The van der Waals surface area contributed by atoms with Gasteiger partial charge in [0, 0.05) is 36.1 Å². The van der Waals surface area contributed by atoms with Crippen molar-refractivity contribution < 1.29 is 0 Å². The molecule has 21 heavy (non-hydrogen) atoms. The highest BCUT2D eigenvalue weighted by Crippen LogP contribution is 2.33. The van der Waals surface area contributed by atoms with Crippen LogP contribution in [0.3, 0.4) is 0 Å². The number of nitrogens with one attached hydrogen (secondary N) is 1. The Morgan fingerprint density at radius 2 is 2.19 bits per heavy atom. The average Bonchev–Trinajstić information content (AvgIpc) is 2.97. The maximum absolute atomic E-state index is 6.23. The van der Waals surface area contributed by atoms with E-state index in [4.69, 9.17) is 23.2 Å². The summed E-state index contributed by atoms with van der Waals surface area (Å²) >= 11 is 13.7. The van der Waals surface area contributed by atoms with Gasteiger partial charge in [0.1, 0.15) is 0 Å². The molecule has 7 heteroatoms. The lowest BCUT2D eigenvalue weighted by atomic mass is 10.2. The molecule has 0 saturated carbocycles. The largest absolute Gasteiger partial charge is 0.356 e. The van der Waals surface area contributed by atoms with Crippen molar-refractivity contribution in [2.75, 3.05) is 25.0 Å². The maximum Gasteiger partial charge on any atom is 0.200 e. The van der Waals surface area contributed by atoms with Crippen LogP contribution in [-0.4, -0.2) is 31.1 Å². The first-order valence-corrected chi connectivity index (χ1v) is 8.22. The van der Waals surface area contributed by atoms with Crippen molar-refractivity contribution in [3.8, 4) is 11.3 Å². The lowest BCUT2D eigenvalue weighted by Crippen LogP contribution is -2.42. The normalized spacial score (nSPS) is 14.5. The molecular formula is C14H14Cl2N4S. The number of aliphatic imine (C=N–C) groups is 1. The van der Waals surface area contributed by atoms with Crippen molar-refractivity contribution in [2.45, 2.75) is 6.42 Å². The highest BCUT2D eigenvalue weighted by molar-refractivity contribution is 7.14. The molecule has 1 aliphatic rings. The molecule has 2 heterocycles. The Kier molecular flexibility index (Phi) is 4.33. The number of anilines is 1. The van der Waals surface area contributed by atoms with Gasteiger partial charge in [0.15, 0.2) is 11.1 Å². The zero-order valence-corrected chi connectivity index (χ0v) is 13.8. The molecule has 0 aliphatic carbocycles. The van der Waals surface area contributed by atoms with Gasteiger partial charge in [-0.25, -0.2) is 4.98 Å². The van der Waals surface area contributed by atoms with Crippen LogP contribution < -0.4 is 10.2 Å². The minimum absolute atomic E-state index is 0.607. The van der Waals surface area contributed by atoms with E-state index in [0.717, 1.165) is 41.9 Å². The summed E-state index contributed by atoms with van der Waals surface area (Å²) in [5.41, 5.74) is 1.73. The molecule has 3 rings (SSSR count). The zero-order chi connectivity index (χ0) is 14.8. The van der Waals surface area contributed by atoms with Crippen LogP contribution >= 0.6 is 34.5 Å². The Bertz CT molecular complexity index is 683. The third-order valence-corrected chi connectivity index (χ3v) is 4.65. The molecule has 1 aliphatic heterocycles. The van der Waals surface area contributed by atoms with E-state index in [2.05, 4.69) is 15.3 Å². The van der Waals surface area contributed by atoms with Gasteiger partial charge in [-0.3, -0.25) is 9.89 Å². The summed E-state index contributed by atoms with van der Waals surface area (Å²) in [6.07, 6.45) is 1.07. The molecule has 0 fully saturated rings. The van der Waals surface area contributed by atoms with Crippen molar-refractivity contribution in [1.29, 1.82) is 0 Å². The first-order chi connectivity index (χ1) is 10.1. The SMILES string of the molecule is CN(C1=NCCCN1)c1nc(-c2ccc(Cl)cc2Cl)cs1. The van der Waals surface area contributed by atoms with Crippen molar-refractivity contribution in [3.63, 3.8) is 0 Å². The molecule has 110 valence electrons. The molecule has 0 spiro atoms. The summed E-state index contributed by atoms with van der Waals surface area (Å²) in [6.45, 7) is 1.80. The predicted molar refractivity (Wildman–Crippen MR) is 90.9 cm³/mol. The topological polar surface area (TPSA) is 40.5 Å². The minimum Gasteiger partial charge on any atom is -0.356 e. The molecule has 2 aromatic rings. The number of benzene rings is 1. The number of aromatic nitrogens is 1. The highest BCUT2D eigenvalue weighted by atomic mass is 35.5. The first kappa shape index (κ1) is 14.6. The lowest BCUT2D eigenvalue weighted by molar-refractivity contribution is 0.729. The molecule has 1 N–H and O–H groups in total. The molecule has 0 saturated heterocycles. The smallest absolute Gasteiger partial charge is 0.200 e. The number of thiazole rings is 1. The van der Waals surface area contributed by atoms with Gasteiger partial charge < -0.3 is 5.32 Å². The summed E-state index contributed by atoms with van der Waals surface area (Å²) in [5.74, 6) is 0.865. The van der Waals surface area contributed by atoms with E-state index in [-0.39, 0.29) is 0 Å². The van der Waals surface area contributed by atoms with E-state index in [1.165, 1.54) is 0 Å². The average molecular weight is 341 g/mol. The summed E-state index contributed by atoms with van der Waals surface area (Å²) in [5, 5.41) is 7.38. The molecule has 0 amide bonds. The van der Waals surface area contributed by atoms with Crippen LogP contribution in [0, 0.1) is 0 Å². The molecule has 4 nitrogen and oxygen atoms in total. The molecule has 0 atom stereocenters. The minimum atomic E-state index is 0.607. The Hall–Kier alpha value is -1.30. The predicted octanol–water partition coefficient (Wildman–Crippen LogP) is 3.90. The van der Waals surface area contributed by atoms with Crippen LogP contribution in [-0.2, 0) is 0 Å². The van der Waals surface area contributed by atoms with Crippen molar-refractivity contribution in [2.24, 2.45) is 4.99 Å². The number of hydrogen-bond acceptors (Lipinski definition) is 5. The molecule has 1 aromatic heterocycles. The summed E-state index contributed by atoms with van der Waals surface area (Å²) in [7, 11) is 1.96. The summed E-state index contributed by atoms with van der Waals surface area (Å²) in [4.78, 5) is 11.1. The fourth-order valence-corrected chi connectivity index (χ4v) is 3.37. The number of hydrogen-bond donors (Lipinski definition) is 1. The van der Waals surface area contributed by atoms with Gasteiger partial charge in [-0.2, -0.15) is 0 Å². The lowest BCUT2D eigenvalue weighted by Gasteiger charge is -2.22. The first-order valence-electron chi connectivity index (χ1n) is 6.58. The quantitative estimate of drug-likeness (QED) is 0.901. The highest BCUT2D eigenvalue weighted by Gasteiger charge is 2.16. The second kappa shape index (κ2) is 6.22. The van der Waals surface area contributed by atoms with Gasteiger partial charge in [0.25, 0.3) is 0 Å². The number of guanidine groups is 1. The van der Waals surface area contributed by atoms with Crippen LogP contribution in [0.1, 0.15) is 6.42 Å². The van der Waals surface area contributed by atoms with Crippen LogP contribution in [0.15, 0.2) is 28.6 Å². The molecular weight excluding hydrogens is 327 g/mol. The van der Waals surface area contributed by atoms with Gasteiger partial charge in [-0.05, 0) is 24.6 Å². The van der Waals surface area contributed by atoms with E-state index < -0.39 is 0 Å². The van der Waals surface area contributed by atoms with Gasteiger partial charge >= 0.3 is 0 Å². The zero-order valence-electron chi connectivity index (χ0n) is 11.4. The molecule has 0 radical (unpaired) electrons. The van der Waals surface area contributed by atoms with Crippen LogP contribution in [0.2, 0.25) is 10.0 Å². The Labute approximate surface area is 137 Å². The monoisotopic (exact) mass is 340 g/mol. The number of rotatable bonds is 2. The third-order valence-electron chi connectivity index (χ3n) is 3.18. The molecule has 0 bridgehead atoms. The molecule has 1 aromatic carbocycles. The maximum atomic E-state index is 6.23. The standard InChI is InChI=1S/C14H14Cl2N4S/c1-20(13-17-5-2-6-18-13)14-19-12(8-21-14)10-4-3-9(15)7-11(10)16/h3-4,7-8H,2,5-6H2,1H3,(H,17,18). The summed E-state index contributed by atoms with van der Waals surface area (Å²) in [6, 6.07) is 5.44. The Morgan fingerprint density at radius 3 is 2.90 bits per heavy atom. The van der Waals surface area contributed by atoms with Crippen molar-refractivity contribution in [3.05, 3.63) is 33.6 Å². The fourth-order valence-electron chi connectivity index (χ4n) is 2.07. The van der Waals surface area contributed by atoms with Gasteiger partial charge in [0.05, 0.1) is 10.7 Å². The van der Waals surface area contributed by atoms with Crippen LogP contribution in [0.25, 0.3) is 11.3 Å². The van der Waals surface area contributed by atoms with E-state index in [1.807, 2.05) is 29.5 Å². The van der Waals surface area contributed by atoms with Crippen LogP contribution in [0.5, 0.6) is 0 Å². The Morgan fingerprint density at radius 1 is 1.33 bits per heavy atom. The Balaban J connectivity index is 1.87. The van der Waals surface area contributed by atoms with E-state index in [0.29, 0.717) is 10.0 Å². The number of halogens is 2. The van der Waals surface area contributed by atoms with Gasteiger partial charge in [-0.15, -0.1) is 11.3 Å². The van der Waals surface area contributed by atoms with Crippen LogP contribution in [0.4, 0.5) is 5.13 Å². The fraction of sp³-hybridized carbons (Fsp3) is 0.286. The van der Waals surface area contributed by atoms with Crippen molar-refractivity contribution >= 4 is 45.6 Å². The second-order valence-electron chi connectivity index (χ2n) is 4.68. The third kappa shape index (κ3) is 3.15. The van der Waals surface area contributed by atoms with E-state index in [9.17, 15) is 0 Å². The second-order valence-corrected chi connectivity index (χ2v) is 6.36. The van der Waals surface area contributed by atoms with E-state index in [1.54, 1.807) is 17.4 Å². The number of nitrogens with zero attached hydrogens (tertiary/aromatic N) is 3. The van der Waals surface area contributed by atoms with Gasteiger partial charge in [-0.1, -0.05) is 23.2 Å². The summed E-state index contributed by atoms with van der Waals surface area (Å²) < 4.78 is 0.